The van der Waals surface area contributed by atoms with Gasteiger partial charge in [0, 0.05) is 0 Å². The number of alkyl halides is 1. The fraction of sp³-hybridized carbons (Fsp3) is 0.739. The van der Waals surface area contributed by atoms with Gasteiger partial charge in [-0.15, -0.1) is 11.6 Å². The summed E-state index contributed by atoms with van der Waals surface area (Å²) in [6, 6.07) is -0.526. The number of hydrogen-bond acceptors (Lipinski definition) is 11. The van der Waals surface area contributed by atoms with Gasteiger partial charge in [0.05, 0.1) is 31.5 Å². The minimum Gasteiger partial charge on any atom is -0.476 e. The van der Waals surface area contributed by atoms with E-state index < -0.39 is 42.5 Å². The van der Waals surface area contributed by atoms with Gasteiger partial charge in [0.2, 0.25) is 11.8 Å². The van der Waals surface area contributed by atoms with Gasteiger partial charge in [-0.3, -0.25) is 18.4 Å². The third kappa shape index (κ3) is 5.64. The highest BCUT2D eigenvalue weighted by molar-refractivity contribution is 7.51. The zero-order chi connectivity index (χ0) is 28.0. The van der Waals surface area contributed by atoms with Crippen LogP contribution in [0.3, 0.4) is 0 Å². The molecule has 0 amide bonds. The fourth-order valence-corrected chi connectivity index (χ4v) is 6.69. The van der Waals surface area contributed by atoms with Gasteiger partial charge in [-0.05, 0) is 19.3 Å². The molecule has 2 aromatic heterocycles. The zero-order valence-corrected chi connectivity index (χ0v) is 24.3. The molecule has 2 aliphatic rings. The van der Waals surface area contributed by atoms with Crippen LogP contribution in [0.15, 0.2) is 6.33 Å². The lowest BCUT2D eigenvalue weighted by Crippen LogP contribution is -2.49. The van der Waals surface area contributed by atoms with Crippen LogP contribution in [0.1, 0.15) is 54.7 Å². The number of nitrogens with two attached hydrogens (primary N) is 1. The van der Waals surface area contributed by atoms with Gasteiger partial charge in [0.1, 0.15) is 23.7 Å². The Kier molecular flexibility index (Phi) is 8.02. The quantitative estimate of drug-likeness (QED) is 0.269. The van der Waals surface area contributed by atoms with E-state index in [1.807, 2.05) is 27.7 Å². The minimum atomic E-state index is -3.87. The molecule has 0 aromatic carbocycles. The second-order valence-electron chi connectivity index (χ2n) is 11.0. The lowest BCUT2D eigenvalue weighted by atomic mass is 9.88. The number of carbonyl (C=O) groups is 1. The minimum absolute atomic E-state index is 0.00704. The monoisotopic (exact) mass is 574 g/mol. The summed E-state index contributed by atoms with van der Waals surface area (Å²) < 4.78 is 44.3. The molecule has 0 unspecified atom stereocenters. The summed E-state index contributed by atoms with van der Waals surface area (Å²) in [5.74, 6) is -0.382. The van der Waals surface area contributed by atoms with Crippen molar-refractivity contribution < 1.29 is 32.6 Å². The van der Waals surface area contributed by atoms with Gasteiger partial charge in [-0.1, -0.05) is 34.6 Å². The molecule has 0 spiro atoms. The molecule has 15 heteroatoms. The largest absolute Gasteiger partial charge is 0.476 e. The van der Waals surface area contributed by atoms with Crippen molar-refractivity contribution in [2.45, 2.75) is 77.8 Å². The molecule has 0 bridgehead atoms. The molecule has 13 nitrogen and oxygen atoms in total. The van der Waals surface area contributed by atoms with Crippen molar-refractivity contribution in [2.75, 3.05) is 25.6 Å². The van der Waals surface area contributed by atoms with Crippen molar-refractivity contribution in [3.8, 4) is 5.88 Å². The zero-order valence-electron chi connectivity index (χ0n) is 22.6. The Balaban J connectivity index is 1.57. The summed E-state index contributed by atoms with van der Waals surface area (Å²) in [6.07, 6.45) is -0.737. The summed E-state index contributed by atoms with van der Waals surface area (Å²) in [5.41, 5.74) is 6.24. The van der Waals surface area contributed by atoms with E-state index in [4.69, 9.17) is 40.6 Å². The van der Waals surface area contributed by atoms with Crippen molar-refractivity contribution in [2.24, 2.45) is 11.3 Å². The predicted octanol–water partition coefficient (Wildman–Crippen LogP) is 3.43. The van der Waals surface area contributed by atoms with Crippen molar-refractivity contribution in [1.82, 2.24) is 24.6 Å². The Morgan fingerprint density at radius 2 is 2.11 bits per heavy atom. The summed E-state index contributed by atoms with van der Waals surface area (Å²) in [5, 5.41) is 2.97. The van der Waals surface area contributed by atoms with E-state index in [2.05, 4.69) is 20.0 Å². The van der Waals surface area contributed by atoms with Crippen LogP contribution in [-0.2, 0) is 27.9 Å². The maximum Gasteiger partial charge on any atom is 0.406 e. The Labute approximate surface area is 226 Å². The molecule has 2 aliphatic heterocycles. The number of anilines is 1. The van der Waals surface area contributed by atoms with Gasteiger partial charge in [0.25, 0.3) is 0 Å². The summed E-state index contributed by atoms with van der Waals surface area (Å²) in [6.45, 7) is 13.2. The first-order valence-electron chi connectivity index (χ1n) is 12.5. The number of nitrogens with zero attached hydrogens (tertiary/aromatic N) is 4. The topological polar surface area (TPSA) is 162 Å². The first-order chi connectivity index (χ1) is 17.7. The lowest BCUT2D eigenvalue weighted by Gasteiger charge is -2.39. The Morgan fingerprint density at radius 1 is 1.39 bits per heavy atom. The second kappa shape index (κ2) is 10.5. The van der Waals surface area contributed by atoms with Gasteiger partial charge in [0.15, 0.2) is 17.4 Å². The van der Waals surface area contributed by atoms with Crippen LogP contribution in [0.4, 0.5) is 5.95 Å². The number of halogens is 1. The molecule has 3 N–H and O–H groups in total. The molecule has 0 saturated carbocycles. The first kappa shape index (κ1) is 29.0. The SMILES string of the molecule is CCOc1nc(N)nc2c1ncn2[C@@H]1O[C@@H]2CO[P@@](=O)(N[C@H](COC(=O)C(C)C)C(C)(C)C)O[C@H]2[C@@]1(C)Cl. The molecule has 4 rings (SSSR count). The number of fused-ring (bicyclic) bond motifs is 2. The normalized spacial score (nSPS) is 30.4. The van der Waals surface area contributed by atoms with Gasteiger partial charge < -0.3 is 19.9 Å². The number of esters is 1. The van der Waals surface area contributed by atoms with Gasteiger partial charge in [-0.25, -0.2) is 14.6 Å². The average Bonchev–Trinajstić information content (AvgIpc) is 3.33. The van der Waals surface area contributed by atoms with Crippen LogP contribution in [-0.4, -0.2) is 68.4 Å². The smallest absolute Gasteiger partial charge is 0.406 e. The third-order valence-corrected chi connectivity index (χ3v) is 8.53. The number of aromatic nitrogens is 4. The summed E-state index contributed by atoms with van der Waals surface area (Å²) in [7, 11) is -3.87. The molecular weight excluding hydrogens is 539 g/mol. The van der Waals surface area contributed by atoms with E-state index in [9.17, 15) is 9.36 Å². The molecule has 0 aliphatic carbocycles. The second-order valence-corrected chi connectivity index (χ2v) is 13.5. The molecular formula is C23H36ClN6O7P. The fourth-order valence-electron chi connectivity index (χ4n) is 4.25. The lowest BCUT2D eigenvalue weighted by molar-refractivity contribution is -0.148. The number of imidazole rings is 1. The van der Waals surface area contributed by atoms with Crippen molar-refractivity contribution in [3.05, 3.63) is 6.33 Å². The van der Waals surface area contributed by atoms with E-state index in [0.717, 1.165) is 0 Å². The number of carbonyl (C=O) groups excluding carboxylic acids is 1. The van der Waals surface area contributed by atoms with Crippen LogP contribution in [0.25, 0.3) is 11.2 Å². The number of ether oxygens (including phenoxy) is 3. The highest BCUT2D eigenvalue weighted by atomic mass is 35.5. The van der Waals surface area contributed by atoms with Gasteiger partial charge in [-0.2, -0.15) is 9.97 Å². The predicted molar refractivity (Wildman–Crippen MR) is 140 cm³/mol. The third-order valence-electron chi connectivity index (χ3n) is 6.51. The van der Waals surface area contributed by atoms with Crippen molar-refractivity contribution >= 4 is 42.4 Å². The number of hydrogen-bond donors (Lipinski definition) is 2. The molecule has 4 heterocycles. The Bertz CT molecular complexity index is 1230. The van der Waals surface area contributed by atoms with E-state index >= 15 is 0 Å². The standard InChI is InChI=1S/C23H36ClN6O7P/c1-8-33-18-15-17(27-21(25)28-18)30(11-26-15)20-23(7,24)16-13(36-20)9-35-38(32,37-16)29-14(22(4,5)6)10-34-19(31)12(2)3/h11-14,16,20H,8-10H2,1-7H3,(H,29,32)(H2,25,27,28)/t13-,14-,16-,20-,23-,38+/m1/s1. The van der Waals surface area contributed by atoms with Crippen LogP contribution >= 0.6 is 19.3 Å². The van der Waals surface area contributed by atoms with Gasteiger partial charge >= 0.3 is 13.7 Å². The highest BCUT2D eigenvalue weighted by Crippen LogP contribution is 2.58. The maximum absolute atomic E-state index is 13.8. The van der Waals surface area contributed by atoms with Crippen LogP contribution in [0.5, 0.6) is 5.88 Å². The molecule has 2 aromatic rings. The Hall–Kier alpha value is -2.02. The molecule has 2 saturated heterocycles. The number of nitrogens with one attached hydrogen (secondary N) is 1. The molecule has 212 valence electrons. The summed E-state index contributed by atoms with van der Waals surface area (Å²) >= 11 is 7.05. The molecule has 2 fully saturated rings. The molecule has 38 heavy (non-hydrogen) atoms. The Morgan fingerprint density at radius 3 is 2.74 bits per heavy atom. The van der Waals surface area contributed by atoms with E-state index in [0.29, 0.717) is 17.8 Å². The van der Waals surface area contributed by atoms with E-state index in [1.165, 1.54) is 6.33 Å². The van der Waals surface area contributed by atoms with Crippen LogP contribution in [0, 0.1) is 11.3 Å². The molecule has 0 radical (unpaired) electrons. The average molecular weight is 575 g/mol. The molecule has 6 atom stereocenters. The number of rotatable bonds is 8. The number of nitrogen functional groups attached to an aromatic ring is 1. The highest BCUT2D eigenvalue weighted by Gasteiger charge is 2.60. The van der Waals surface area contributed by atoms with E-state index in [-0.39, 0.29) is 36.9 Å². The van der Waals surface area contributed by atoms with Crippen molar-refractivity contribution in [3.63, 3.8) is 0 Å². The van der Waals surface area contributed by atoms with Crippen LogP contribution < -0.4 is 15.6 Å². The first-order valence-corrected chi connectivity index (χ1v) is 14.4. The van der Waals surface area contributed by atoms with E-state index in [1.54, 1.807) is 25.3 Å². The van der Waals surface area contributed by atoms with Crippen molar-refractivity contribution in [1.29, 1.82) is 0 Å². The summed E-state index contributed by atoms with van der Waals surface area (Å²) in [4.78, 5) is 23.7. The maximum atomic E-state index is 13.8. The van der Waals surface area contributed by atoms with Crippen LogP contribution in [0.2, 0.25) is 0 Å².